The van der Waals surface area contributed by atoms with Crippen molar-refractivity contribution in [3.8, 4) is 0 Å². The highest BCUT2D eigenvalue weighted by molar-refractivity contribution is 6.45. The summed E-state index contributed by atoms with van der Waals surface area (Å²) in [7, 11) is -0.408. The molecule has 19 heavy (non-hydrogen) atoms. The van der Waals surface area contributed by atoms with Gasteiger partial charge in [-0.3, -0.25) is 0 Å². The molecule has 0 aliphatic carbocycles. The van der Waals surface area contributed by atoms with Gasteiger partial charge in [0.25, 0.3) is 0 Å². The van der Waals surface area contributed by atoms with E-state index in [4.69, 9.17) is 9.31 Å². The van der Waals surface area contributed by atoms with Crippen molar-refractivity contribution in [2.45, 2.75) is 78.1 Å². The Morgan fingerprint density at radius 2 is 1.37 bits per heavy atom. The van der Waals surface area contributed by atoms with Gasteiger partial charge in [0, 0.05) is 0 Å². The molecule has 1 aliphatic heterocycles. The summed E-state index contributed by atoms with van der Waals surface area (Å²) in [6, 6.07) is 0. The summed E-state index contributed by atoms with van der Waals surface area (Å²) in [4.78, 5) is 0. The third-order valence-electron chi connectivity index (χ3n) is 4.31. The van der Waals surface area contributed by atoms with E-state index in [0.29, 0.717) is 12.7 Å². The number of hydrogen-bond donors (Lipinski definition) is 0. The molecule has 0 atom stereocenters. The van der Waals surface area contributed by atoms with Crippen LogP contribution >= 0.6 is 0 Å². The number of halogens is 3. The van der Waals surface area contributed by atoms with Crippen LogP contribution in [0.2, 0.25) is 6.32 Å². The first kappa shape index (κ1) is 16.8. The van der Waals surface area contributed by atoms with Crippen LogP contribution in [0.4, 0.5) is 13.2 Å². The molecule has 0 amide bonds. The van der Waals surface area contributed by atoms with Gasteiger partial charge in [-0.2, -0.15) is 13.2 Å². The second kappa shape index (κ2) is 4.95. The Hall–Kier alpha value is -0.225. The first-order valence-electron chi connectivity index (χ1n) is 6.71. The summed E-state index contributed by atoms with van der Waals surface area (Å²) in [5.74, 6) is 0. The van der Waals surface area contributed by atoms with E-state index in [1.54, 1.807) is 0 Å². The standard InChI is InChI=1S/C13H24BF3O2/c1-10(2,13(15,16)17)8-7-9-14-18-11(3,4)12(5,6)19-14/h7-9H2,1-6H3. The van der Waals surface area contributed by atoms with Crippen molar-refractivity contribution in [2.75, 3.05) is 0 Å². The van der Waals surface area contributed by atoms with E-state index < -0.39 is 29.9 Å². The lowest BCUT2D eigenvalue weighted by molar-refractivity contribution is -0.213. The molecule has 112 valence electrons. The van der Waals surface area contributed by atoms with E-state index in [0.717, 1.165) is 0 Å². The summed E-state index contributed by atoms with van der Waals surface area (Å²) >= 11 is 0. The molecule has 1 saturated heterocycles. The van der Waals surface area contributed by atoms with Crippen molar-refractivity contribution in [1.82, 2.24) is 0 Å². The summed E-state index contributed by atoms with van der Waals surface area (Å²) < 4.78 is 49.7. The highest BCUT2D eigenvalue weighted by Gasteiger charge is 2.51. The lowest BCUT2D eigenvalue weighted by Gasteiger charge is -2.32. The quantitative estimate of drug-likeness (QED) is 0.708. The highest BCUT2D eigenvalue weighted by atomic mass is 19.4. The smallest absolute Gasteiger partial charge is 0.403 e. The lowest BCUT2D eigenvalue weighted by Crippen LogP contribution is -2.41. The van der Waals surface area contributed by atoms with Crippen molar-refractivity contribution in [2.24, 2.45) is 5.41 Å². The fourth-order valence-electron chi connectivity index (χ4n) is 1.94. The average molecular weight is 280 g/mol. The predicted octanol–water partition coefficient (Wildman–Crippen LogP) is 4.45. The summed E-state index contributed by atoms with van der Waals surface area (Å²) in [6.45, 7) is 10.2. The second-order valence-electron chi connectivity index (χ2n) is 6.96. The van der Waals surface area contributed by atoms with Crippen LogP contribution < -0.4 is 0 Å². The van der Waals surface area contributed by atoms with Crippen LogP contribution in [0, 0.1) is 5.41 Å². The van der Waals surface area contributed by atoms with Crippen LogP contribution in [0.1, 0.15) is 54.4 Å². The third kappa shape index (κ3) is 3.66. The van der Waals surface area contributed by atoms with Crippen LogP contribution in [0.15, 0.2) is 0 Å². The van der Waals surface area contributed by atoms with Gasteiger partial charge in [-0.15, -0.1) is 0 Å². The minimum absolute atomic E-state index is 0.0839. The summed E-state index contributed by atoms with van der Waals surface area (Å²) in [6.07, 6.45) is -3.15. The Bertz CT molecular complexity index is 308. The van der Waals surface area contributed by atoms with E-state index >= 15 is 0 Å². The zero-order valence-electron chi connectivity index (χ0n) is 12.6. The van der Waals surface area contributed by atoms with Crippen molar-refractivity contribution < 1.29 is 22.5 Å². The SMILES string of the molecule is CC(C)(CCCB1OC(C)(C)C(C)(C)O1)C(F)(F)F. The summed E-state index contributed by atoms with van der Waals surface area (Å²) in [5.41, 5.74) is -2.49. The van der Waals surface area contributed by atoms with Crippen molar-refractivity contribution in [1.29, 1.82) is 0 Å². The molecule has 0 N–H and O–H groups in total. The Morgan fingerprint density at radius 1 is 0.947 bits per heavy atom. The van der Waals surface area contributed by atoms with Crippen LogP contribution in [0.3, 0.4) is 0 Å². The Morgan fingerprint density at radius 3 is 1.74 bits per heavy atom. The molecule has 1 aliphatic rings. The lowest BCUT2D eigenvalue weighted by atomic mass is 9.77. The molecule has 0 spiro atoms. The predicted molar refractivity (Wildman–Crippen MR) is 70.0 cm³/mol. The maximum absolute atomic E-state index is 12.7. The molecular formula is C13H24BF3O2. The largest absolute Gasteiger partial charge is 0.457 e. The van der Waals surface area contributed by atoms with Gasteiger partial charge in [0.15, 0.2) is 0 Å². The van der Waals surface area contributed by atoms with Crippen LogP contribution in [0.5, 0.6) is 0 Å². The Balaban J connectivity index is 2.45. The molecule has 0 aromatic carbocycles. The first-order valence-corrected chi connectivity index (χ1v) is 6.71. The number of alkyl halides is 3. The van der Waals surface area contributed by atoms with Gasteiger partial charge >= 0.3 is 13.3 Å². The normalized spacial score (nSPS) is 22.9. The minimum atomic E-state index is -4.16. The van der Waals surface area contributed by atoms with Gasteiger partial charge in [0.05, 0.1) is 16.6 Å². The molecule has 0 bridgehead atoms. The molecule has 0 saturated carbocycles. The number of rotatable bonds is 4. The molecule has 1 rings (SSSR count). The van der Waals surface area contributed by atoms with Crippen molar-refractivity contribution in [3.63, 3.8) is 0 Å². The zero-order chi connectivity index (χ0) is 15.1. The van der Waals surface area contributed by atoms with E-state index in [1.165, 1.54) is 13.8 Å². The number of hydrogen-bond acceptors (Lipinski definition) is 2. The maximum Gasteiger partial charge on any atom is 0.457 e. The summed E-state index contributed by atoms with van der Waals surface area (Å²) in [5, 5.41) is 0. The van der Waals surface area contributed by atoms with E-state index in [1.807, 2.05) is 27.7 Å². The molecular weight excluding hydrogens is 256 g/mol. The van der Waals surface area contributed by atoms with Crippen LogP contribution in [0.25, 0.3) is 0 Å². The maximum atomic E-state index is 12.7. The molecule has 6 heteroatoms. The molecule has 0 aromatic rings. The second-order valence-corrected chi connectivity index (χ2v) is 6.96. The topological polar surface area (TPSA) is 18.5 Å². The van der Waals surface area contributed by atoms with Crippen LogP contribution in [-0.2, 0) is 9.31 Å². The van der Waals surface area contributed by atoms with Crippen LogP contribution in [-0.4, -0.2) is 24.5 Å². The Labute approximate surface area is 114 Å². The molecule has 1 fully saturated rings. The third-order valence-corrected chi connectivity index (χ3v) is 4.31. The van der Waals surface area contributed by atoms with Crippen molar-refractivity contribution in [3.05, 3.63) is 0 Å². The molecule has 0 unspecified atom stereocenters. The molecule has 0 radical (unpaired) electrons. The van der Waals surface area contributed by atoms with Gasteiger partial charge in [-0.1, -0.05) is 20.3 Å². The highest BCUT2D eigenvalue weighted by Crippen LogP contribution is 2.43. The molecule has 2 nitrogen and oxygen atoms in total. The fraction of sp³-hybridized carbons (Fsp3) is 1.00. The van der Waals surface area contributed by atoms with Gasteiger partial charge in [-0.05, 0) is 40.4 Å². The first-order chi connectivity index (χ1) is 8.29. The van der Waals surface area contributed by atoms with Gasteiger partial charge in [0.1, 0.15) is 0 Å². The molecule has 0 aromatic heterocycles. The molecule has 1 heterocycles. The fourth-order valence-corrected chi connectivity index (χ4v) is 1.94. The van der Waals surface area contributed by atoms with Gasteiger partial charge in [0.2, 0.25) is 0 Å². The van der Waals surface area contributed by atoms with E-state index in [2.05, 4.69) is 0 Å². The van der Waals surface area contributed by atoms with E-state index in [9.17, 15) is 13.2 Å². The van der Waals surface area contributed by atoms with Gasteiger partial charge < -0.3 is 9.31 Å². The monoisotopic (exact) mass is 280 g/mol. The van der Waals surface area contributed by atoms with Gasteiger partial charge in [-0.25, -0.2) is 0 Å². The zero-order valence-corrected chi connectivity index (χ0v) is 12.6. The average Bonchev–Trinajstić information content (AvgIpc) is 2.32. The Kier molecular flexibility index (Phi) is 4.39. The van der Waals surface area contributed by atoms with E-state index in [-0.39, 0.29) is 6.42 Å². The minimum Gasteiger partial charge on any atom is -0.403 e. The van der Waals surface area contributed by atoms with Crippen molar-refractivity contribution >= 4 is 7.12 Å².